The molecule has 1 saturated heterocycles. The van der Waals surface area contributed by atoms with E-state index < -0.39 is 0 Å². The van der Waals surface area contributed by atoms with Crippen LogP contribution in [0.4, 0.5) is 0 Å². The highest BCUT2D eigenvalue weighted by Crippen LogP contribution is 2.22. The van der Waals surface area contributed by atoms with Gasteiger partial charge in [-0.2, -0.15) is 0 Å². The zero-order valence-electron chi connectivity index (χ0n) is 5.81. The molecule has 0 aliphatic carbocycles. The van der Waals surface area contributed by atoms with Gasteiger partial charge in [-0.15, -0.1) is 0 Å². The van der Waals surface area contributed by atoms with Crippen molar-refractivity contribution in [3.8, 4) is 0 Å². The Morgan fingerprint density at radius 2 is 2.10 bits per heavy atom. The summed E-state index contributed by atoms with van der Waals surface area (Å²) in [5, 5.41) is 0. The SMILES string of the molecule is BrPCCC1OCCCO1. The van der Waals surface area contributed by atoms with Crippen molar-refractivity contribution in [2.45, 2.75) is 19.1 Å². The molecule has 10 heavy (non-hydrogen) atoms. The van der Waals surface area contributed by atoms with Crippen LogP contribution in [-0.2, 0) is 9.47 Å². The third kappa shape index (κ3) is 3.29. The molecule has 1 aliphatic rings. The van der Waals surface area contributed by atoms with Crippen molar-refractivity contribution in [3.63, 3.8) is 0 Å². The van der Waals surface area contributed by atoms with Gasteiger partial charge in [0.2, 0.25) is 0 Å². The van der Waals surface area contributed by atoms with Gasteiger partial charge in [0.15, 0.2) is 6.29 Å². The Balaban J connectivity index is 2.02. The molecule has 1 unspecified atom stereocenters. The topological polar surface area (TPSA) is 18.5 Å². The number of rotatable bonds is 3. The van der Waals surface area contributed by atoms with Crippen molar-refractivity contribution in [3.05, 3.63) is 0 Å². The van der Waals surface area contributed by atoms with Crippen molar-refractivity contribution in [1.29, 1.82) is 0 Å². The van der Waals surface area contributed by atoms with Gasteiger partial charge in [0.25, 0.3) is 0 Å². The molecule has 0 aromatic heterocycles. The van der Waals surface area contributed by atoms with E-state index >= 15 is 0 Å². The monoisotopic (exact) mass is 226 g/mol. The largest absolute Gasteiger partial charge is 0.353 e. The predicted molar refractivity (Wildman–Crippen MR) is 47.0 cm³/mol. The molecule has 0 amide bonds. The van der Waals surface area contributed by atoms with Crippen LogP contribution in [0.1, 0.15) is 12.8 Å². The molecule has 1 atom stereocenters. The Morgan fingerprint density at radius 1 is 1.40 bits per heavy atom. The Morgan fingerprint density at radius 3 is 2.70 bits per heavy atom. The maximum atomic E-state index is 5.34. The Labute approximate surface area is 71.2 Å². The van der Waals surface area contributed by atoms with Gasteiger partial charge in [-0.1, -0.05) is 22.8 Å². The standard InChI is InChI=1S/C6H12BrO2P/c7-10-5-2-6-8-3-1-4-9-6/h6,10H,1-5H2. The first-order valence-corrected chi connectivity index (χ1v) is 6.96. The Bertz CT molecular complexity index is 85.8. The average Bonchev–Trinajstić information content (AvgIpc) is 2.03. The van der Waals surface area contributed by atoms with E-state index in [0.29, 0.717) is 0 Å². The van der Waals surface area contributed by atoms with E-state index in [2.05, 4.69) is 15.5 Å². The second kappa shape index (κ2) is 5.48. The Kier molecular flexibility index (Phi) is 4.89. The van der Waals surface area contributed by atoms with Crippen LogP contribution in [-0.4, -0.2) is 25.7 Å². The van der Waals surface area contributed by atoms with Crippen molar-refractivity contribution in [2.24, 2.45) is 0 Å². The van der Waals surface area contributed by atoms with Crippen LogP contribution in [0.3, 0.4) is 0 Å². The van der Waals surface area contributed by atoms with Gasteiger partial charge < -0.3 is 9.47 Å². The summed E-state index contributed by atoms with van der Waals surface area (Å²) in [4.78, 5) is 0. The van der Waals surface area contributed by atoms with Crippen molar-refractivity contribution >= 4 is 22.8 Å². The first-order chi connectivity index (χ1) is 4.93. The first-order valence-electron chi connectivity index (χ1n) is 3.50. The van der Waals surface area contributed by atoms with E-state index in [-0.39, 0.29) is 6.29 Å². The molecule has 0 saturated carbocycles. The van der Waals surface area contributed by atoms with Crippen LogP contribution in [0.5, 0.6) is 0 Å². The summed E-state index contributed by atoms with van der Waals surface area (Å²) in [5.74, 6) is 0. The molecular formula is C6H12BrO2P. The molecule has 0 spiro atoms. The molecule has 2 nitrogen and oxygen atoms in total. The summed E-state index contributed by atoms with van der Waals surface area (Å²) < 4.78 is 10.7. The lowest BCUT2D eigenvalue weighted by Gasteiger charge is -2.22. The fraction of sp³-hybridized carbons (Fsp3) is 1.00. The average molecular weight is 227 g/mol. The zero-order valence-corrected chi connectivity index (χ0v) is 8.39. The van der Waals surface area contributed by atoms with Crippen molar-refractivity contribution < 1.29 is 9.47 Å². The van der Waals surface area contributed by atoms with Crippen LogP contribution in [0.25, 0.3) is 0 Å². The number of ether oxygens (including phenoxy) is 2. The summed E-state index contributed by atoms with van der Waals surface area (Å²) in [7, 11) is 0.835. The highest BCUT2D eigenvalue weighted by Gasteiger charge is 2.12. The van der Waals surface area contributed by atoms with Gasteiger partial charge in [0.05, 0.1) is 13.2 Å². The van der Waals surface area contributed by atoms with E-state index in [4.69, 9.17) is 9.47 Å². The molecule has 1 fully saturated rings. The predicted octanol–water partition coefficient (Wildman–Crippen LogP) is 2.13. The molecule has 60 valence electrons. The molecule has 1 aliphatic heterocycles. The van der Waals surface area contributed by atoms with Gasteiger partial charge >= 0.3 is 0 Å². The lowest BCUT2D eigenvalue weighted by Crippen LogP contribution is -2.24. The van der Waals surface area contributed by atoms with Crippen LogP contribution in [0.2, 0.25) is 0 Å². The zero-order chi connectivity index (χ0) is 7.23. The molecule has 0 aromatic rings. The summed E-state index contributed by atoms with van der Waals surface area (Å²) in [6, 6.07) is 0. The lowest BCUT2D eigenvalue weighted by atomic mass is 10.4. The fourth-order valence-electron chi connectivity index (χ4n) is 0.876. The van der Waals surface area contributed by atoms with E-state index in [9.17, 15) is 0 Å². The van der Waals surface area contributed by atoms with Crippen LogP contribution < -0.4 is 0 Å². The first kappa shape index (κ1) is 8.92. The summed E-state index contributed by atoms with van der Waals surface area (Å²) >= 11 is 3.39. The van der Waals surface area contributed by atoms with Crippen LogP contribution >= 0.6 is 22.8 Å². The summed E-state index contributed by atoms with van der Waals surface area (Å²) in [5.41, 5.74) is 0. The number of hydrogen-bond acceptors (Lipinski definition) is 2. The summed E-state index contributed by atoms with van der Waals surface area (Å²) in [6.45, 7) is 1.74. The fourth-order valence-corrected chi connectivity index (χ4v) is 1.91. The van der Waals surface area contributed by atoms with Crippen LogP contribution in [0, 0.1) is 0 Å². The normalized spacial score (nSPS) is 22.5. The van der Waals surface area contributed by atoms with Gasteiger partial charge in [0, 0.05) is 6.42 Å². The van der Waals surface area contributed by atoms with Crippen molar-refractivity contribution in [2.75, 3.05) is 19.4 Å². The van der Waals surface area contributed by atoms with Crippen molar-refractivity contribution in [1.82, 2.24) is 0 Å². The molecule has 0 bridgehead atoms. The molecule has 4 heteroatoms. The maximum Gasteiger partial charge on any atom is 0.157 e. The number of hydrogen-bond donors (Lipinski definition) is 0. The quantitative estimate of drug-likeness (QED) is 0.687. The smallest absolute Gasteiger partial charge is 0.157 e. The molecule has 0 N–H and O–H groups in total. The van der Waals surface area contributed by atoms with Crippen LogP contribution in [0.15, 0.2) is 0 Å². The van der Waals surface area contributed by atoms with E-state index in [1.54, 1.807) is 0 Å². The lowest BCUT2D eigenvalue weighted by molar-refractivity contribution is -0.178. The highest BCUT2D eigenvalue weighted by atomic mass is 79.9. The second-order valence-electron chi connectivity index (χ2n) is 2.20. The molecule has 0 radical (unpaired) electrons. The van der Waals surface area contributed by atoms with Gasteiger partial charge in [-0.3, -0.25) is 0 Å². The second-order valence-corrected chi connectivity index (χ2v) is 4.65. The minimum Gasteiger partial charge on any atom is -0.353 e. The Hall–Kier alpha value is 0.830. The van der Waals surface area contributed by atoms with E-state index in [0.717, 1.165) is 39.5 Å². The molecule has 1 heterocycles. The third-order valence-corrected chi connectivity index (χ3v) is 3.04. The molecular weight excluding hydrogens is 215 g/mol. The number of halogens is 1. The van der Waals surface area contributed by atoms with E-state index in [1.807, 2.05) is 0 Å². The van der Waals surface area contributed by atoms with Gasteiger partial charge in [-0.05, 0) is 12.6 Å². The molecule has 1 rings (SSSR count). The summed E-state index contributed by atoms with van der Waals surface area (Å²) in [6.07, 6.45) is 3.32. The minimum absolute atomic E-state index is 0.0822. The van der Waals surface area contributed by atoms with Gasteiger partial charge in [-0.25, -0.2) is 0 Å². The third-order valence-electron chi connectivity index (χ3n) is 1.37. The van der Waals surface area contributed by atoms with E-state index in [1.165, 1.54) is 0 Å². The van der Waals surface area contributed by atoms with Gasteiger partial charge in [0.1, 0.15) is 0 Å². The minimum atomic E-state index is 0.0822. The molecule has 0 aromatic carbocycles. The maximum absolute atomic E-state index is 5.34. The highest BCUT2D eigenvalue weighted by molar-refractivity contribution is 9.36.